The minimum atomic E-state index is -0.342. The first-order valence-corrected chi connectivity index (χ1v) is 6.46. The van der Waals surface area contributed by atoms with Crippen molar-refractivity contribution in [1.29, 1.82) is 0 Å². The lowest BCUT2D eigenvalue weighted by Gasteiger charge is -2.21. The predicted molar refractivity (Wildman–Crippen MR) is 69.1 cm³/mol. The Morgan fingerprint density at radius 2 is 2.37 bits per heavy atom. The van der Waals surface area contributed by atoms with E-state index in [1.807, 2.05) is 10.5 Å². The third-order valence-electron chi connectivity index (χ3n) is 3.44. The van der Waals surface area contributed by atoms with E-state index in [0.717, 1.165) is 37.2 Å². The molecule has 1 fully saturated rings. The summed E-state index contributed by atoms with van der Waals surface area (Å²) in [7, 11) is 1.38. The Hall–Kier alpha value is -1.88. The third kappa shape index (κ3) is 2.21. The first-order valence-electron chi connectivity index (χ1n) is 6.46. The number of methoxy groups -OCH3 is 1. The molecule has 0 amide bonds. The summed E-state index contributed by atoms with van der Waals surface area (Å²) < 4.78 is 12.4. The highest BCUT2D eigenvalue weighted by atomic mass is 16.5. The standard InChI is InChI=1S/C14H16N2O3/c1-18-14(17)10-5-6-11-8-15-13(16(11)9-10)12-4-2-3-7-19-12/h5-6,8-9,12H,2-4,7H2,1H3. The zero-order chi connectivity index (χ0) is 13.2. The monoisotopic (exact) mass is 260 g/mol. The number of carbonyl (C=O) groups is 1. The van der Waals surface area contributed by atoms with Gasteiger partial charge in [-0.25, -0.2) is 9.78 Å². The average Bonchev–Trinajstić information content (AvgIpc) is 2.90. The first-order chi connectivity index (χ1) is 9.29. The molecule has 0 bridgehead atoms. The molecule has 19 heavy (non-hydrogen) atoms. The van der Waals surface area contributed by atoms with Crippen molar-refractivity contribution in [3.63, 3.8) is 0 Å². The fraction of sp³-hybridized carbons (Fsp3) is 0.429. The van der Waals surface area contributed by atoms with E-state index in [0.29, 0.717) is 5.56 Å². The summed E-state index contributed by atoms with van der Waals surface area (Å²) >= 11 is 0. The molecular weight excluding hydrogens is 244 g/mol. The van der Waals surface area contributed by atoms with E-state index in [-0.39, 0.29) is 12.1 Å². The molecule has 5 heteroatoms. The number of imidazole rings is 1. The van der Waals surface area contributed by atoms with Crippen molar-refractivity contribution in [3.8, 4) is 0 Å². The van der Waals surface area contributed by atoms with Crippen LogP contribution in [-0.2, 0) is 9.47 Å². The summed E-state index contributed by atoms with van der Waals surface area (Å²) in [5.74, 6) is 0.520. The predicted octanol–water partition coefficient (Wildman–Crippen LogP) is 2.36. The van der Waals surface area contributed by atoms with Crippen LogP contribution in [0.3, 0.4) is 0 Å². The van der Waals surface area contributed by atoms with Crippen LogP contribution < -0.4 is 0 Å². The molecule has 0 saturated carbocycles. The number of rotatable bonds is 2. The van der Waals surface area contributed by atoms with Gasteiger partial charge in [-0.1, -0.05) is 0 Å². The van der Waals surface area contributed by atoms with Gasteiger partial charge in [0.15, 0.2) is 0 Å². The second-order valence-electron chi connectivity index (χ2n) is 4.68. The van der Waals surface area contributed by atoms with Gasteiger partial charge in [-0.05, 0) is 31.4 Å². The molecule has 0 radical (unpaired) electrons. The molecule has 1 atom stereocenters. The van der Waals surface area contributed by atoms with E-state index < -0.39 is 0 Å². The summed E-state index contributed by atoms with van der Waals surface area (Å²) in [5, 5.41) is 0. The van der Waals surface area contributed by atoms with E-state index in [4.69, 9.17) is 9.47 Å². The summed E-state index contributed by atoms with van der Waals surface area (Å²) in [4.78, 5) is 16.0. The molecule has 0 N–H and O–H groups in total. The van der Waals surface area contributed by atoms with Crippen LogP contribution >= 0.6 is 0 Å². The highest BCUT2D eigenvalue weighted by molar-refractivity contribution is 5.89. The zero-order valence-corrected chi connectivity index (χ0v) is 10.8. The van der Waals surface area contributed by atoms with E-state index >= 15 is 0 Å². The van der Waals surface area contributed by atoms with Gasteiger partial charge in [0.05, 0.1) is 24.4 Å². The molecule has 0 spiro atoms. The SMILES string of the molecule is COC(=O)c1ccc2cnc(C3CCCCO3)n2c1. The molecule has 100 valence electrons. The molecule has 0 aromatic carbocycles. The normalized spacial score (nSPS) is 19.5. The zero-order valence-electron chi connectivity index (χ0n) is 10.8. The van der Waals surface area contributed by atoms with Gasteiger partial charge < -0.3 is 13.9 Å². The van der Waals surface area contributed by atoms with Gasteiger partial charge >= 0.3 is 5.97 Å². The summed E-state index contributed by atoms with van der Waals surface area (Å²) in [5.41, 5.74) is 1.47. The molecule has 1 aliphatic rings. The summed E-state index contributed by atoms with van der Waals surface area (Å²) in [6, 6.07) is 3.61. The number of carbonyl (C=O) groups excluding carboxylic acids is 1. The number of pyridine rings is 1. The van der Waals surface area contributed by atoms with E-state index in [9.17, 15) is 4.79 Å². The molecule has 2 aromatic rings. The molecule has 1 aliphatic heterocycles. The molecule has 1 unspecified atom stereocenters. The Kier molecular flexibility index (Phi) is 3.21. The second kappa shape index (κ2) is 5.01. The first kappa shape index (κ1) is 12.2. The summed E-state index contributed by atoms with van der Waals surface area (Å²) in [6.45, 7) is 0.774. The lowest BCUT2D eigenvalue weighted by Crippen LogP contribution is -2.14. The van der Waals surface area contributed by atoms with Crippen LogP contribution in [0, 0.1) is 0 Å². The Bertz CT molecular complexity index is 600. The topological polar surface area (TPSA) is 52.8 Å². The van der Waals surface area contributed by atoms with Gasteiger partial charge in [0.25, 0.3) is 0 Å². The molecule has 3 heterocycles. The van der Waals surface area contributed by atoms with Crippen LogP contribution in [0.4, 0.5) is 0 Å². The molecule has 1 saturated heterocycles. The maximum Gasteiger partial charge on any atom is 0.339 e. The van der Waals surface area contributed by atoms with Crippen LogP contribution in [0.25, 0.3) is 5.52 Å². The van der Waals surface area contributed by atoms with Crippen LogP contribution in [0.1, 0.15) is 41.5 Å². The van der Waals surface area contributed by atoms with E-state index in [2.05, 4.69) is 4.98 Å². The van der Waals surface area contributed by atoms with Gasteiger partial charge in [0.2, 0.25) is 0 Å². The van der Waals surface area contributed by atoms with Gasteiger partial charge in [-0.2, -0.15) is 0 Å². The van der Waals surface area contributed by atoms with Crippen molar-refractivity contribution >= 4 is 11.5 Å². The fourth-order valence-electron chi connectivity index (χ4n) is 2.43. The number of aromatic nitrogens is 2. The number of hydrogen-bond donors (Lipinski definition) is 0. The minimum Gasteiger partial charge on any atom is -0.465 e. The van der Waals surface area contributed by atoms with Gasteiger partial charge in [0.1, 0.15) is 11.9 Å². The van der Waals surface area contributed by atoms with E-state index in [1.54, 1.807) is 18.5 Å². The number of nitrogens with zero attached hydrogens (tertiary/aromatic N) is 2. The Balaban J connectivity index is 2.02. The number of esters is 1. The number of fused-ring (bicyclic) bond motifs is 1. The van der Waals surface area contributed by atoms with Crippen LogP contribution in [-0.4, -0.2) is 29.1 Å². The van der Waals surface area contributed by atoms with Crippen molar-refractivity contribution in [1.82, 2.24) is 9.38 Å². The van der Waals surface area contributed by atoms with Gasteiger partial charge in [-0.3, -0.25) is 0 Å². The quantitative estimate of drug-likeness (QED) is 0.778. The largest absolute Gasteiger partial charge is 0.465 e. The lowest BCUT2D eigenvalue weighted by molar-refractivity contribution is 0.00913. The van der Waals surface area contributed by atoms with Crippen LogP contribution in [0.5, 0.6) is 0 Å². The van der Waals surface area contributed by atoms with Crippen molar-refractivity contribution < 1.29 is 14.3 Å². The highest BCUT2D eigenvalue weighted by Gasteiger charge is 2.21. The Morgan fingerprint density at radius 3 is 3.11 bits per heavy atom. The van der Waals surface area contributed by atoms with Gasteiger partial charge in [0, 0.05) is 12.8 Å². The smallest absolute Gasteiger partial charge is 0.339 e. The number of hydrogen-bond acceptors (Lipinski definition) is 4. The summed E-state index contributed by atoms with van der Waals surface area (Å²) in [6.07, 6.45) is 6.81. The molecule has 5 nitrogen and oxygen atoms in total. The number of ether oxygens (including phenoxy) is 2. The molecular formula is C14H16N2O3. The maximum atomic E-state index is 11.6. The fourth-order valence-corrected chi connectivity index (χ4v) is 2.43. The molecule has 2 aromatic heterocycles. The van der Waals surface area contributed by atoms with Crippen molar-refractivity contribution in [2.45, 2.75) is 25.4 Å². The second-order valence-corrected chi connectivity index (χ2v) is 4.68. The highest BCUT2D eigenvalue weighted by Crippen LogP contribution is 2.27. The van der Waals surface area contributed by atoms with Crippen LogP contribution in [0.2, 0.25) is 0 Å². The Morgan fingerprint density at radius 1 is 1.47 bits per heavy atom. The van der Waals surface area contributed by atoms with Crippen LogP contribution in [0.15, 0.2) is 24.5 Å². The average molecular weight is 260 g/mol. The van der Waals surface area contributed by atoms with Crippen molar-refractivity contribution in [2.75, 3.05) is 13.7 Å². The molecule has 0 aliphatic carbocycles. The molecule has 3 rings (SSSR count). The van der Waals surface area contributed by atoms with Gasteiger partial charge in [-0.15, -0.1) is 0 Å². The maximum absolute atomic E-state index is 11.6. The lowest BCUT2D eigenvalue weighted by atomic mass is 10.1. The Labute approximate surface area is 111 Å². The van der Waals surface area contributed by atoms with Crippen molar-refractivity contribution in [2.24, 2.45) is 0 Å². The third-order valence-corrected chi connectivity index (χ3v) is 3.44. The minimum absolute atomic E-state index is 0.0177. The van der Waals surface area contributed by atoms with E-state index in [1.165, 1.54) is 7.11 Å². The van der Waals surface area contributed by atoms with Crippen molar-refractivity contribution in [3.05, 3.63) is 35.9 Å².